The van der Waals surface area contributed by atoms with Crippen LogP contribution in [0.15, 0.2) is 77.1 Å². The van der Waals surface area contributed by atoms with Gasteiger partial charge in [0.25, 0.3) is 0 Å². The van der Waals surface area contributed by atoms with Crippen LogP contribution in [-0.2, 0) is 0 Å². The van der Waals surface area contributed by atoms with E-state index in [1.165, 1.54) is 6.21 Å². The minimum atomic E-state index is -0.586. The van der Waals surface area contributed by atoms with E-state index in [0.29, 0.717) is 0 Å². The molecule has 0 amide bonds. The number of hydrazone groups is 2. The summed E-state index contributed by atoms with van der Waals surface area (Å²) < 4.78 is 0. The lowest BCUT2D eigenvalue weighted by Gasteiger charge is -2.03. The molecular formula is C18H15N7O2. The summed E-state index contributed by atoms with van der Waals surface area (Å²) in [4.78, 5) is 18.5. The van der Waals surface area contributed by atoms with Crippen molar-refractivity contribution in [3.63, 3.8) is 0 Å². The molecule has 0 aliphatic carbocycles. The molecule has 0 aliphatic rings. The predicted molar refractivity (Wildman–Crippen MR) is 104 cm³/mol. The van der Waals surface area contributed by atoms with Gasteiger partial charge in [-0.05, 0) is 11.1 Å². The number of anilines is 2. The van der Waals surface area contributed by atoms with E-state index >= 15 is 0 Å². The smallest absolute Gasteiger partial charge is 0.258 e. The molecule has 3 rings (SSSR count). The maximum absolute atomic E-state index is 11.1. The Morgan fingerprint density at radius 2 is 1.44 bits per heavy atom. The number of aromatic nitrogens is 2. The van der Waals surface area contributed by atoms with Gasteiger partial charge in [-0.1, -0.05) is 60.7 Å². The Bertz CT molecular complexity index is 960. The third kappa shape index (κ3) is 5.16. The fourth-order valence-corrected chi connectivity index (χ4v) is 2.06. The molecule has 134 valence electrons. The molecule has 0 saturated heterocycles. The summed E-state index contributed by atoms with van der Waals surface area (Å²) in [5, 5.41) is 19.2. The van der Waals surface area contributed by atoms with Gasteiger partial charge >= 0.3 is 5.69 Å². The maximum Gasteiger partial charge on any atom is 0.331 e. The van der Waals surface area contributed by atoms with Crippen LogP contribution in [-0.4, -0.2) is 27.3 Å². The highest BCUT2D eigenvalue weighted by molar-refractivity contribution is 5.80. The molecule has 9 nitrogen and oxygen atoms in total. The molecule has 0 fully saturated rings. The lowest BCUT2D eigenvalue weighted by molar-refractivity contribution is -0.384. The lowest BCUT2D eigenvalue weighted by Crippen LogP contribution is -2.04. The summed E-state index contributed by atoms with van der Waals surface area (Å²) in [6.07, 6.45) is 4.21. The molecule has 0 spiro atoms. The third-order valence-electron chi connectivity index (χ3n) is 3.33. The van der Waals surface area contributed by atoms with Crippen LogP contribution in [0.25, 0.3) is 0 Å². The molecule has 27 heavy (non-hydrogen) atoms. The number of rotatable bonds is 7. The number of nitro groups is 1. The van der Waals surface area contributed by atoms with Gasteiger partial charge in [0.05, 0.1) is 17.4 Å². The van der Waals surface area contributed by atoms with Crippen LogP contribution < -0.4 is 10.9 Å². The molecule has 1 heterocycles. The first-order valence-electron chi connectivity index (χ1n) is 7.92. The molecular weight excluding hydrogens is 346 g/mol. The minimum Gasteiger partial charge on any atom is -0.258 e. The molecule has 0 aliphatic heterocycles. The predicted octanol–water partition coefficient (Wildman–Crippen LogP) is 3.28. The largest absolute Gasteiger partial charge is 0.331 e. The van der Waals surface area contributed by atoms with Crippen molar-refractivity contribution in [1.29, 1.82) is 0 Å². The third-order valence-corrected chi connectivity index (χ3v) is 3.33. The molecule has 3 aromatic rings. The molecule has 2 N–H and O–H groups in total. The molecule has 0 unspecified atom stereocenters. The molecule has 0 atom stereocenters. The van der Waals surface area contributed by atoms with Crippen LogP contribution in [0, 0.1) is 10.1 Å². The van der Waals surface area contributed by atoms with Gasteiger partial charge in [0.2, 0.25) is 11.8 Å². The van der Waals surface area contributed by atoms with Gasteiger partial charge < -0.3 is 0 Å². The van der Waals surface area contributed by atoms with E-state index in [1.807, 2.05) is 60.7 Å². The van der Waals surface area contributed by atoms with Crippen molar-refractivity contribution < 1.29 is 4.92 Å². The second-order valence-electron chi connectivity index (χ2n) is 5.25. The Kier molecular flexibility index (Phi) is 5.77. The van der Waals surface area contributed by atoms with E-state index < -0.39 is 4.92 Å². The van der Waals surface area contributed by atoms with Crippen LogP contribution in [0.5, 0.6) is 0 Å². The van der Waals surface area contributed by atoms with Crippen molar-refractivity contribution in [2.75, 3.05) is 10.9 Å². The summed E-state index contributed by atoms with van der Waals surface area (Å²) in [6.45, 7) is 0. The summed E-state index contributed by atoms with van der Waals surface area (Å²) in [6, 6.07) is 18.7. The molecule has 0 radical (unpaired) electrons. The molecule has 9 heteroatoms. The molecule has 2 aromatic carbocycles. The summed E-state index contributed by atoms with van der Waals surface area (Å²) >= 11 is 0. The Hall–Kier alpha value is -4.14. The number of benzene rings is 2. The quantitative estimate of drug-likeness (QED) is 0.379. The first-order valence-corrected chi connectivity index (χ1v) is 7.92. The standard InChI is InChI=1S/C18H15N7O2/c26-25(27)16-13-19-18(24-21-12-15-9-5-2-6-10-15)22-17(16)23-20-11-14-7-3-1-4-8-14/h1-13H,(H2,19,22,23,24)/b20-11+,21-12+. The average molecular weight is 361 g/mol. The van der Waals surface area contributed by atoms with E-state index in [2.05, 4.69) is 31.0 Å². The van der Waals surface area contributed by atoms with E-state index in [0.717, 1.165) is 17.3 Å². The molecule has 0 bridgehead atoms. The van der Waals surface area contributed by atoms with Gasteiger partial charge in [-0.25, -0.2) is 10.4 Å². The number of hydrogen-bond acceptors (Lipinski definition) is 8. The van der Waals surface area contributed by atoms with E-state index in [1.54, 1.807) is 6.21 Å². The first-order chi connectivity index (χ1) is 13.2. The van der Waals surface area contributed by atoms with Crippen LogP contribution in [0.1, 0.15) is 11.1 Å². The zero-order valence-electron chi connectivity index (χ0n) is 14.1. The van der Waals surface area contributed by atoms with Crippen molar-refractivity contribution in [1.82, 2.24) is 9.97 Å². The Labute approximate surface area is 154 Å². The highest BCUT2D eigenvalue weighted by Crippen LogP contribution is 2.21. The number of nitrogens with one attached hydrogen (secondary N) is 2. The maximum atomic E-state index is 11.1. The minimum absolute atomic E-state index is 0.0420. The van der Waals surface area contributed by atoms with Crippen molar-refractivity contribution in [3.8, 4) is 0 Å². The van der Waals surface area contributed by atoms with Gasteiger partial charge in [0.1, 0.15) is 6.20 Å². The van der Waals surface area contributed by atoms with E-state index in [-0.39, 0.29) is 17.5 Å². The van der Waals surface area contributed by atoms with Crippen LogP contribution in [0.2, 0.25) is 0 Å². The van der Waals surface area contributed by atoms with Crippen LogP contribution >= 0.6 is 0 Å². The second-order valence-corrected chi connectivity index (χ2v) is 5.25. The molecule has 1 aromatic heterocycles. The zero-order chi connectivity index (χ0) is 18.9. The number of hydrogen-bond donors (Lipinski definition) is 2. The summed E-state index contributed by atoms with van der Waals surface area (Å²) in [5.74, 6) is 0.0600. The van der Waals surface area contributed by atoms with Gasteiger partial charge in [-0.15, -0.1) is 0 Å². The average Bonchev–Trinajstić information content (AvgIpc) is 2.70. The van der Waals surface area contributed by atoms with Crippen molar-refractivity contribution in [2.45, 2.75) is 0 Å². The Balaban J connectivity index is 1.73. The van der Waals surface area contributed by atoms with Crippen LogP contribution in [0.3, 0.4) is 0 Å². The number of nitrogens with zero attached hydrogens (tertiary/aromatic N) is 5. The first kappa shape index (κ1) is 17.7. The van der Waals surface area contributed by atoms with Gasteiger partial charge in [-0.3, -0.25) is 15.5 Å². The Morgan fingerprint density at radius 1 is 0.889 bits per heavy atom. The monoisotopic (exact) mass is 361 g/mol. The highest BCUT2D eigenvalue weighted by Gasteiger charge is 2.16. The molecule has 0 saturated carbocycles. The second kappa shape index (κ2) is 8.81. The summed E-state index contributed by atoms with van der Waals surface area (Å²) in [7, 11) is 0. The normalized spacial score (nSPS) is 11.0. The zero-order valence-corrected chi connectivity index (χ0v) is 14.1. The van der Waals surface area contributed by atoms with E-state index in [4.69, 9.17) is 0 Å². The van der Waals surface area contributed by atoms with Crippen molar-refractivity contribution >= 4 is 29.9 Å². The van der Waals surface area contributed by atoms with Crippen molar-refractivity contribution in [2.24, 2.45) is 10.2 Å². The van der Waals surface area contributed by atoms with E-state index in [9.17, 15) is 10.1 Å². The van der Waals surface area contributed by atoms with Gasteiger partial charge in [0, 0.05) is 0 Å². The highest BCUT2D eigenvalue weighted by atomic mass is 16.6. The topological polar surface area (TPSA) is 118 Å². The van der Waals surface area contributed by atoms with Crippen LogP contribution in [0.4, 0.5) is 17.5 Å². The fourth-order valence-electron chi connectivity index (χ4n) is 2.06. The van der Waals surface area contributed by atoms with Gasteiger partial charge in [0.15, 0.2) is 0 Å². The fraction of sp³-hybridized carbons (Fsp3) is 0. The summed E-state index contributed by atoms with van der Waals surface area (Å²) in [5.41, 5.74) is 6.65. The van der Waals surface area contributed by atoms with Gasteiger partial charge in [-0.2, -0.15) is 15.2 Å². The van der Waals surface area contributed by atoms with Crippen molar-refractivity contribution in [3.05, 3.63) is 88.1 Å². The lowest BCUT2D eigenvalue weighted by atomic mass is 10.2. The Morgan fingerprint density at radius 3 is 2.00 bits per heavy atom. The SMILES string of the molecule is O=[N+]([O-])c1cnc(N/N=C/c2ccccc2)nc1N/N=C/c1ccccc1.